The van der Waals surface area contributed by atoms with E-state index in [0.717, 1.165) is 12.1 Å². The van der Waals surface area contributed by atoms with Crippen LogP contribution in [0.25, 0.3) is 22.6 Å². The summed E-state index contributed by atoms with van der Waals surface area (Å²) in [7, 11) is 0. The summed E-state index contributed by atoms with van der Waals surface area (Å²) >= 11 is 0. The quantitative estimate of drug-likeness (QED) is 0.669. The van der Waals surface area contributed by atoms with Crippen molar-refractivity contribution in [3.63, 3.8) is 0 Å². The summed E-state index contributed by atoms with van der Waals surface area (Å²) < 4.78 is 43.8. The van der Waals surface area contributed by atoms with Crippen molar-refractivity contribution in [1.82, 2.24) is 9.97 Å². The molecule has 0 aliphatic carbocycles. The van der Waals surface area contributed by atoms with Gasteiger partial charge in [0, 0.05) is 18.0 Å². The smallest absolute Gasteiger partial charge is 0.416 e. The number of aromatic nitrogens is 2. The molecular weight excluding hydrogens is 269 g/mol. The minimum atomic E-state index is -4.39. The Morgan fingerprint density at radius 1 is 1.10 bits per heavy atom. The average Bonchev–Trinajstić information content (AvgIpc) is 2.83. The highest BCUT2D eigenvalue weighted by Crippen LogP contribution is 2.34. The molecule has 0 bridgehead atoms. The Balaban J connectivity index is 2.19. The first kappa shape index (κ1) is 12.7. The van der Waals surface area contributed by atoms with Crippen molar-refractivity contribution < 1.29 is 17.6 Å². The van der Waals surface area contributed by atoms with Gasteiger partial charge in [0.1, 0.15) is 5.52 Å². The molecule has 3 aromatic rings. The predicted molar refractivity (Wildman–Crippen MR) is 67.0 cm³/mol. The summed E-state index contributed by atoms with van der Waals surface area (Å²) in [6, 6.07) is 5.43. The maximum absolute atomic E-state index is 12.8. The van der Waals surface area contributed by atoms with Crippen molar-refractivity contribution in [2.24, 2.45) is 0 Å². The predicted octanol–water partition coefficient (Wildman–Crippen LogP) is 4.22. The van der Waals surface area contributed by atoms with Gasteiger partial charge in [-0.15, -0.1) is 0 Å². The summed E-state index contributed by atoms with van der Waals surface area (Å²) in [5.41, 5.74) is 0.915. The normalized spacial score (nSPS) is 12.0. The lowest BCUT2D eigenvalue weighted by Crippen LogP contribution is -2.04. The molecule has 0 aliphatic heterocycles. The molecule has 0 saturated carbocycles. The Morgan fingerprint density at radius 2 is 1.80 bits per heavy atom. The highest BCUT2D eigenvalue weighted by molar-refractivity contribution is 5.80. The second kappa shape index (κ2) is 4.33. The zero-order chi connectivity index (χ0) is 14.3. The maximum Gasteiger partial charge on any atom is 0.416 e. The minimum absolute atomic E-state index is 0.198. The van der Waals surface area contributed by atoms with Crippen LogP contribution in [0.3, 0.4) is 0 Å². The molecule has 0 saturated heterocycles. The zero-order valence-corrected chi connectivity index (χ0v) is 10.4. The second-order valence-electron chi connectivity index (χ2n) is 4.39. The molecule has 0 amide bonds. The van der Waals surface area contributed by atoms with Gasteiger partial charge in [0.25, 0.3) is 0 Å². The van der Waals surface area contributed by atoms with Gasteiger partial charge in [-0.1, -0.05) is 0 Å². The van der Waals surface area contributed by atoms with E-state index in [4.69, 9.17) is 4.42 Å². The van der Waals surface area contributed by atoms with Crippen LogP contribution < -0.4 is 0 Å². The Labute approximate surface area is 112 Å². The molecule has 3 nitrogen and oxygen atoms in total. The Hall–Kier alpha value is -2.37. The van der Waals surface area contributed by atoms with Crippen LogP contribution in [-0.4, -0.2) is 9.97 Å². The van der Waals surface area contributed by atoms with Crippen LogP contribution in [-0.2, 0) is 6.18 Å². The fraction of sp³-hybridized carbons (Fsp3) is 0.143. The van der Waals surface area contributed by atoms with Crippen LogP contribution >= 0.6 is 0 Å². The van der Waals surface area contributed by atoms with Crippen LogP contribution in [0.2, 0.25) is 0 Å². The lowest BCUT2D eigenvalue weighted by Gasteiger charge is -2.06. The molecule has 0 radical (unpaired) electrons. The first-order valence-corrected chi connectivity index (χ1v) is 5.84. The van der Waals surface area contributed by atoms with Gasteiger partial charge < -0.3 is 4.42 Å². The van der Waals surface area contributed by atoms with Crippen molar-refractivity contribution in [2.45, 2.75) is 13.1 Å². The highest BCUT2D eigenvalue weighted by Gasteiger charge is 2.31. The molecular formula is C14H9F3N2O. The van der Waals surface area contributed by atoms with Crippen LogP contribution in [0.5, 0.6) is 0 Å². The number of benzene rings is 1. The Morgan fingerprint density at radius 3 is 2.45 bits per heavy atom. The summed E-state index contributed by atoms with van der Waals surface area (Å²) in [5.74, 6) is 0.282. The average molecular weight is 278 g/mol. The SMILES string of the molecule is Cc1cc(C(F)(F)F)cc2nc(-c3ccncc3)oc12. The van der Waals surface area contributed by atoms with Crippen molar-refractivity contribution in [2.75, 3.05) is 0 Å². The van der Waals surface area contributed by atoms with Crippen LogP contribution in [0.15, 0.2) is 41.1 Å². The van der Waals surface area contributed by atoms with Gasteiger partial charge in [-0.25, -0.2) is 4.98 Å². The van der Waals surface area contributed by atoms with E-state index >= 15 is 0 Å². The Bertz CT molecular complexity index is 763. The zero-order valence-electron chi connectivity index (χ0n) is 10.4. The highest BCUT2D eigenvalue weighted by atomic mass is 19.4. The molecule has 0 aliphatic rings. The number of halogens is 3. The number of pyridine rings is 1. The van der Waals surface area contributed by atoms with E-state index < -0.39 is 11.7 Å². The molecule has 6 heteroatoms. The third-order valence-electron chi connectivity index (χ3n) is 2.93. The molecule has 1 aromatic carbocycles. The number of fused-ring (bicyclic) bond motifs is 1. The van der Waals surface area contributed by atoms with E-state index in [0.29, 0.717) is 16.7 Å². The molecule has 0 fully saturated rings. The van der Waals surface area contributed by atoms with Gasteiger partial charge in [0.15, 0.2) is 5.58 Å². The third kappa shape index (κ3) is 2.13. The number of nitrogens with zero attached hydrogens (tertiary/aromatic N) is 2. The van der Waals surface area contributed by atoms with Crippen LogP contribution in [0, 0.1) is 6.92 Å². The van der Waals surface area contributed by atoms with Gasteiger partial charge in [-0.2, -0.15) is 13.2 Å². The Kier molecular flexibility index (Phi) is 2.74. The third-order valence-corrected chi connectivity index (χ3v) is 2.93. The van der Waals surface area contributed by atoms with Crippen LogP contribution in [0.1, 0.15) is 11.1 Å². The molecule has 0 spiro atoms. The number of rotatable bonds is 1. The first-order valence-electron chi connectivity index (χ1n) is 5.84. The van der Waals surface area contributed by atoms with E-state index in [1.807, 2.05) is 0 Å². The molecule has 2 aromatic heterocycles. The lowest BCUT2D eigenvalue weighted by molar-refractivity contribution is -0.137. The number of oxazole rings is 1. The number of hydrogen-bond donors (Lipinski definition) is 0. The first-order chi connectivity index (χ1) is 9.45. The van der Waals surface area contributed by atoms with Crippen molar-refractivity contribution in [3.05, 3.63) is 47.8 Å². The minimum Gasteiger partial charge on any atom is -0.436 e. The molecule has 3 rings (SSSR count). The fourth-order valence-electron chi connectivity index (χ4n) is 1.98. The standard InChI is InChI=1S/C14H9F3N2O/c1-8-6-10(14(15,16)17)7-11-12(8)20-13(19-11)9-2-4-18-5-3-9/h2-7H,1H3. The van der Waals surface area contributed by atoms with Gasteiger partial charge in [0.05, 0.1) is 5.56 Å². The van der Waals surface area contributed by atoms with Crippen molar-refractivity contribution >= 4 is 11.1 Å². The summed E-state index contributed by atoms with van der Waals surface area (Å²) in [6.45, 7) is 1.57. The molecule has 2 heterocycles. The largest absolute Gasteiger partial charge is 0.436 e. The van der Waals surface area contributed by atoms with E-state index in [1.165, 1.54) is 0 Å². The van der Waals surface area contributed by atoms with Gasteiger partial charge >= 0.3 is 6.18 Å². The fourth-order valence-corrected chi connectivity index (χ4v) is 1.98. The van der Waals surface area contributed by atoms with E-state index in [2.05, 4.69) is 9.97 Å². The number of alkyl halides is 3. The van der Waals surface area contributed by atoms with Crippen molar-refractivity contribution in [1.29, 1.82) is 0 Å². The van der Waals surface area contributed by atoms with Crippen LogP contribution in [0.4, 0.5) is 13.2 Å². The van der Waals surface area contributed by atoms with Gasteiger partial charge in [-0.3, -0.25) is 4.98 Å². The monoisotopic (exact) mass is 278 g/mol. The second-order valence-corrected chi connectivity index (χ2v) is 4.39. The van der Waals surface area contributed by atoms with Gasteiger partial charge in [0.2, 0.25) is 5.89 Å². The topological polar surface area (TPSA) is 38.9 Å². The van der Waals surface area contributed by atoms with Gasteiger partial charge in [-0.05, 0) is 36.8 Å². The molecule has 0 unspecified atom stereocenters. The number of hydrogen-bond acceptors (Lipinski definition) is 3. The van der Waals surface area contributed by atoms with E-state index in [-0.39, 0.29) is 11.4 Å². The van der Waals surface area contributed by atoms with Crippen molar-refractivity contribution in [3.8, 4) is 11.5 Å². The molecule has 0 atom stereocenters. The molecule has 102 valence electrons. The lowest BCUT2D eigenvalue weighted by atomic mass is 10.1. The number of aryl methyl sites for hydroxylation is 1. The molecule has 0 N–H and O–H groups in total. The summed E-state index contributed by atoms with van der Waals surface area (Å²) in [4.78, 5) is 7.99. The van der Waals surface area contributed by atoms with E-state index in [1.54, 1.807) is 31.5 Å². The maximum atomic E-state index is 12.8. The van der Waals surface area contributed by atoms with E-state index in [9.17, 15) is 13.2 Å². The summed E-state index contributed by atoms with van der Waals surface area (Å²) in [5, 5.41) is 0. The summed E-state index contributed by atoms with van der Waals surface area (Å²) in [6.07, 6.45) is -1.26. The molecule has 20 heavy (non-hydrogen) atoms.